The van der Waals surface area contributed by atoms with Crippen molar-refractivity contribution in [2.75, 3.05) is 11.9 Å². The second kappa shape index (κ2) is 7.50. The van der Waals surface area contributed by atoms with Crippen molar-refractivity contribution in [2.45, 2.75) is 24.8 Å². The summed E-state index contributed by atoms with van der Waals surface area (Å²) in [4.78, 5) is 13.0. The minimum atomic E-state index is -3.75. The fraction of sp³-hybridized carbons (Fsp3) is 0.190. The lowest BCUT2D eigenvalue weighted by molar-refractivity contribution is 0.102. The molecule has 144 valence electrons. The predicted molar refractivity (Wildman–Crippen MR) is 111 cm³/mol. The highest BCUT2D eigenvalue weighted by atomic mass is 32.2. The summed E-state index contributed by atoms with van der Waals surface area (Å²) in [6.45, 7) is 2.70. The van der Waals surface area contributed by atoms with Crippen LogP contribution >= 0.6 is 11.3 Å². The first kappa shape index (κ1) is 18.9. The van der Waals surface area contributed by atoms with Crippen LogP contribution in [0.3, 0.4) is 0 Å². The summed E-state index contributed by atoms with van der Waals surface area (Å²) in [7, 11) is -3.75. The summed E-state index contributed by atoms with van der Waals surface area (Å²) in [6, 6.07) is 16.8. The molecule has 0 bridgehead atoms. The Morgan fingerprint density at radius 3 is 2.50 bits per heavy atom. The maximum atomic E-state index is 13.2. The quantitative estimate of drug-likeness (QED) is 0.703. The number of thiophene rings is 1. The second-order valence-electron chi connectivity index (χ2n) is 6.79. The van der Waals surface area contributed by atoms with Crippen molar-refractivity contribution in [1.29, 1.82) is 0 Å². The van der Waals surface area contributed by atoms with E-state index in [1.807, 2.05) is 43.3 Å². The summed E-state index contributed by atoms with van der Waals surface area (Å²) in [5.74, 6) is -0.408. The average Bonchev–Trinajstić information content (AvgIpc) is 3.20. The van der Waals surface area contributed by atoms with Crippen molar-refractivity contribution < 1.29 is 13.2 Å². The fourth-order valence-corrected chi connectivity index (χ4v) is 6.02. The van der Waals surface area contributed by atoms with Crippen LogP contribution in [0.4, 0.5) is 5.69 Å². The zero-order valence-corrected chi connectivity index (χ0v) is 17.0. The van der Waals surface area contributed by atoms with Gasteiger partial charge in [0.15, 0.2) is 0 Å². The van der Waals surface area contributed by atoms with Crippen molar-refractivity contribution in [3.63, 3.8) is 0 Å². The van der Waals surface area contributed by atoms with Gasteiger partial charge in [-0.3, -0.25) is 4.79 Å². The number of hydrogen-bond donors (Lipinski definition) is 1. The molecule has 0 saturated heterocycles. The molecule has 5 nitrogen and oxygen atoms in total. The molecule has 1 aromatic heterocycles. The molecule has 28 heavy (non-hydrogen) atoms. The summed E-state index contributed by atoms with van der Waals surface area (Å²) >= 11 is 1.14. The number of carbonyl (C=O) groups excluding carboxylic acids is 1. The average molecular weight is 413 g/mol. The van der Waals surface area contributed by atoms with Gasteiger partial charge in [0, 0.05) is 18.8 Å². The molecular formula is C21H20N2O3S2. The topological polar surface area (TPSA) is 66.5 Å². The van der Waals surface area contributed by atoms with Gasteiger partial charge in [-0.25, -0.2) is 8.42 Å². The van der Waals surface area contributed by atoms with Gasteiger partial charge in [0.2, 0.25) is 10.0 Å². The van der Waals surface area contributed by atoms with Crippen molar-refractivity contribution >= 4 is 33.0 Å². The molecular weight excluding hydrogens is 392 g/mol. The number of carbonyl (C=O) groups is 1. The highest BCUT2D eigenvalue weighted by Gasteiger charge is 2.32. The SMILES string of the molecule is Cc1ccc(NC(=O)c2sccc2S(=O)(=O)N2CCc3ccccc3C2)cc1. The maximum Gasteiger partial charge on any atom is 0.267 e. The van der Waals surface area contributed by atoms with Crippen LogP contribution in [0.25, 0.3) is 0 Å². The molecule has 3 aromatic rings. The number of nitrogens with zero attached hydrogens (tertiary/aromatic N) is 1. The summed E-state index contributed by atoms with van der Waals surface area (Å²) in [6.07, 6.45) is 0.671. The zero-order chi connectivity index (χ0) is 19.7. The van der Waals surface area contributed by atoms with E-state index in [4.69, 9.17) is 0 Å². The zero-order valence-electron chi connectivity index (χ0n) is 15.4. The number of aryl methyl sites for hydroxylation is 1. The van der Waals surface area contributed by atoms with Crippen molar-refractivity contribution in [1.82, 2.24) is 4.31 Å². The molecule has 0 aliphatic carbocycles. The third kappa shape index (κ3) is 3.61. The van der Waals surface area contributed by atoms with E-state index in [1.165, 1.54) is 15.9 Å². The molecule has 2 aromatic carbocycles. The Kier molecular flexibility index (Phi) is 5.05. The summed E-state index contributed by atoms with van der Waals surface area (Å²) in [5.41, 5.74) is 3.91. The maximum absolute atomic E-state index is 13.2. The van der Waals surface area contributed by atoms with Gasteiger partial charge in [-0.2, -0.15) is 4.31 Å². The van der Waals surface area contributed by atoms with Crippen LogP contribution in [0, 0.1) is 6.92 Å². The first-order valence-electron chi connectivity index (χ1n) is 8.97. The predicted octanol–water partition coefficient (Wildman–Crippen LogP) is 4.06. The molecule has 0 unspecified atom stereocenters. The van der Waals surface area contributed by atoms with Crippen molar-refractivity contribution in [2.24, 2.45) is 0 Å². The summed E-state index contributed by atoms with van der Waals surface area (Å²) < 4.78 is 27.9. The van der Waals surface area contributed by atoms with E-state index < -0.39 is 15.9 Å². The number of benzene rings is 2. The Labute approximate surface area is 168 Å². The third-order valence-corrected chi connectivity index (χ3v) is 7.79. The lowest BCUT2D eigenvalue weighted by atomic mass is 10.0. The van der Waals surface area contributed by atoms with Crippen LogP contribution in [-0.4, -0.2) is 25.2 Å². The smallest absolute Gasteiger partial charge is 0.267 e. The minimum absolute atomic E-state index is 0.0708. The van der Waals surface area contributed by atoms with Crippen molar-refractivity contribution in [3.8, 4) is 0 Å². The van der Waals surface area contributed by atoms with Crippen LogP contribution in [0.2, 0.25) is 0 Å². The highest BCUT2D eigenvalue weighted by Crippen LogP contribution is 2.30. The largest absolute Gasteiger partial charge is 0.321 e. The van der Waals surface area contributed by atoms with Gasteiger partial charge >= 0.3 is 0 Å². The number of anilines is 1. The molecule has 0 saturated carbocycles. The first-order chi connectivity index (χ1) is 13.4. The lowest BCUT2D eigenvalue weighted by Gasteiger charge is -2.28. The van der Waals surface area contributed by atoms with E-state index in [0.717, 1.165) is 22.5 Å². The molecule has 0 spiro atoms. The van der Waals surface area contributed by atoms with Gasteiger partial charge < -0.3 is 5.32 Å². The molecule has 1 aliphatic heterocycles. The van der Waals surface area contributed by atoms with Crippen molar-refractivity contribution in [3.05, 3.63) is 81.5 Å². The molecule has 4 rings (SSSR count). The molecule has 0 atom stereocenters. The normalized spacial score (nSPS) is 14.5. The number of hydrogen-bond acceptors (Lipinski definition) is 4. The van der Waals surface area contributed by atoms with Gasteiger partial charge in [-0.05, 0) is 48.1 Å². The van der Waals surface area contributed by atoms with Gasteiger partial charge in [0.25, 0.3) is 5.91 Å². The molecule has 1 amide bonds. The number of rotatable bonds is 4. The molecule has 7 heteroatoms. The lowest BCUT2D eigenvalue weighted by Crippen LogP contribution is -2.36. The highest BCUT2D eigenvalue weighted by molar-refractivity contribution is 7.89. The van der Waals surface area contributed by atoms with Crippen LogP contribution in [0.15, 0.2) is 64.9 Å². The molecule has 0 radical (unpaired) electrons. The number of amides is 1. The first-order valence-corrected chi connectivity index (χ1v) is 11.3. The van der Waals surface area contributed by atoms with Gasteiger partial charge in [-0.15, -0.1) is 11.3 Å². The standard InChI is InChI=1S/C21H20N2O3S2/c1-15-6-8-18(9-7-15)22-21(24)20-19(11-13-27-20)28(25,26)23-12-10-16-4-2-3-5-17(16)14-23/h2-9,11,13H,10,12,14H2,1H3,(H,22,24). The number of nitrogens with one attached hydrogen (secondary N) is 1. The number of sulfonamides is 1. The van der Waals surface area contributed by atoms with Crippen LogP contribution in [-0.2, 0) is 23.0 Å². The Morgan fingerprint density at radius 2 is 1.75 bits per heavy atom. The Bertz CT molecular complexity index is 1120. The Hall–Kier alpha value is -2.48. The number of fused-ring (bicyclic) bond motifs is 1. The van der Waals surface area contributed by atoms with E-state index in [1.54, 1.807) is 17.5 Å². The fourth-order valence-electron chi connectivity index (χ4n) is 3.31. The van der Waals surface area contributed by atoms with Gasteiger partial charge in [-0.1, -0.05) is 42.0 Å². The van der Waals surface area contributed by atoms with E-state index in [-0.39, 0.29) is 9.77 Å². The summed E-state index contributed by atoms with van der Waals surface area (Å²) in [5, 5.41) is 4.44. The molecule has 1 N–H and O–H groups in total. The minimum Gasteiger partial charge on any atom is -0.321 e. The van der Waals surface area contributed by atoms with E-state index >= 15 is 0 Å². The molecule has 1 aliphatic rings. The van der Waals surface area contributed by atoms with Crippen LogP contribution < -0.4 is 5.32 Å². The third-order valence-electron chi connectivity index (χ3n) is 4.86. The molecule has 0 fully saturated rings. The van der Waals surface area contributed by atoms with E-state index in [2.05, 4.69) is 5.32 Å². The monoisotopic (exact) mass is 412 g/mol. The van der Waals surface area contributed by atoms with E-state index in [0.29, 0.717) is 25.2 Å². The second-order valence-corrected chi connectivity index (χ2v) is 9.61. The van der Waals surface area contributed by atoms with E-state index in [9.17, 15) is 13.2 Å². The Morgan fingerprint density at radius 1 is 1.04 bits per heavy atom. The molecule has 2 heterocycles. The van der Waals surface area contributed by atoms with Gasteiger partial charge in [0.1, 0.15) is 9.77 Å². The van der Waals surface area contributed by atoms with Crippen LogP contribution in [0.5, 0.6) is 0 Å². The Balaban J connectivity index is 1.59. The van der Waals surface area contributed by atoms with Crippen LogP contribution in [0.1, 0.15) is 26.4 Å². The van der Waals surface area contributed by atoms with Gasteiger partial charge in [0.05, 0.1) is 0 Å².